The van der Waals surface area contributed by atoms with Crippen LogP contribution < -0.4 is 5.32 Å². The van der Waals surface area contributed by atoms with E-state index in [0.717, 1.165) is 18.7 Å². The van der Waals surface area contributed by atoms with Gasteiger partial charge in [-0.05, 0) is 43.0 Å². The molecule has 0 unspecified atom stereocenters. The summed E-state index contributed by atoms with van der Waals surface area (Å²) in [7, 11) is 2.03. The molecule has 0 aliphatic carbocycles. The fourth-order valence-electron chi connectivity index (χ4n) is 2.84. The molecule has 3 rings (SSSR count). The molecule has 1 aliphatic heterocycles. The minimum atomic E-state index is -0.307. The van der Waals surface area contributed by atoms with E-state index in [1.54, 1.807) is 47.4 Å². The van der Waals surface area contributed by atoms with Crippen molar-refractivity contribution in [1.82, 2.24) is 15.1 Å². The van der Waals surface area contributed by atoms with Crippen LogP contribution in [0, 0.1) is 0 Å². The molecule has 2 amide bonds. The zero-order chi connectivity index (χ0) is 19.2. The Morgan fingerprint density at radius 1 is 0.963 bits per heavy atom. The van der Waals surface area contributed by atoms with Gasteiger partial charge in [-0.2, -0.15) is 0 Å². The van der Waals surface area contributed by atoms with Crippen LogP contribution in [0.1, 0.15) is 15.9 Å². The molecule has 27 heavy (non-hydrogen) atoms. The molecule has 5 nitrogen and oxygen atoms in total. The van der Waals surface area contributed by atoms with Crippen LogP contribution in [0.3, 0.4) is 0 Å². The molecule has 0 spiro atoms. The number of carbonyl (C=O) groups excluding carboxylic acids is 2. The van der Waals surface area contributed by atoms with Gasteiger partial charge in [-0.3, -0.25) is 9.59 Å². The number of hydrogen-bond acceptors (Lipinski definition) is 3. The van der Waals surface area contributed by atoms with E-state index in [2.05, 4.69) is 10.2 Å². The third-order valence-corrected chi connectivity index (χ3v) is 4.74. The fraction of sp³-hybridized carbons (Fsp3) is 0.238. The molecule has 0 bridgehead atoms. The van der Waals surface area contributed by atoms with Gasteiger partial charge in [0.05, 0.1) is 0 Å². The molecule has 0 radical (unpaired) electrons. The fourth-order valence-corrected chi connectivity index (χ4v) is 2.97. The van der Waals surface area contributed by atoms with Crippen molar-refractivity contribution in [3.8, 4) is 0 Å². The van der Waals surface area contributed by atoms with Gasteiger partial charge >= 0.3 is 0 Å². The first-order valence-corrected chi connectivity index (χ1v) is 9.22. The maximum absolute atomic E-state index is 13.0. The van der Waals surface area contributed by atoms with Crippen molar-refractivity contribution in [3.63, 3.8) is 0 Å². The number of benzene rings is 2. The van der Waals surface area contributed by atoms with Crippen LogP contribution >= 0.6 is 11.6 Å². The van der Waals surface area contributed by atoms with Crippen LogP contribution in [0.15, 0.2) is 60.3 Å². The minimum Gasteiger partial charge on any atom is -0.335 e. The SMILES string of the molecule is CN1CCN(C(=O)/C(=C\c2ccc(Cl)cc2)NC(=O)c2ccccc2)CC1. The normalized spacial score (nSPS) is 15.5. The number of nitrogens with one attached hydrogen (secondary N) is 1. The maximum atomic E-state index is 13.0. The van der Waals surface area contributed by atoms with E-state index in [-0.39, 0.29) is 17.5 Å². The largest absolute Gasteiger partial charge is 0.335 e. The van der Waals surface area contributed by atoms with Crippen molar-refractivity contribution in [2.45, 2.75) is 0 Å². The average molecular weight is 384 g/mol. The molecular weight excluding hydrogens is 362 g/mol. The van der Waals surface area contributed by atoms with Gasteiger partial charge in [0.1, 0.15) is 5.70 Å². The van der Waals surface area contributed by atoms with Crippen LogP contribution in [0.4, 0.5) is 0 Å². The summed E-state index contributed by atoms with van der Waals surface area (Å²) >= 11 is 5.94. The molecule has 6 heteroatoms. The summed E-state index contributed by atoms with van der Waals surface area (Å²) in [5.41, 5.74) is 1.56. The molecule has 2 aromatic rings. The van der Waals surface area contributed by atoms with Crippen LogP contribution in [-0.2, 0) is 4.79 Å². The van der Waals surface area contributed by atoms with E-state index in [0.29, 0.717) is 23.7 Å². The van der Waals surface area contributed by atoms with Gasteiger partial charge in [0.25, 0.3) is 11.8 Å². The van der Waals surface area contributed by atoms with Gasteiger partial charge in [-0.25, -0.2) is 0 Å². The third-order valence-electron chi connectivity index (χ3n) is 4.49. The molecular formula is C21H22ClN3O2. The highest BCUT2D eigenvalue weighted by molar-refractivity contribution is 6.30. The number of likely N-dealkylation sites (N-methyl/N-ethyl adjacent to an activating group) is 1. The van der Waals surface area contributed by atoms with Gasteiger partial charge in [-0.15, -0.1) is 0 Å². The first-order chi connectivity index (χ1) is 13.0. The lowest BCUT2D eigenvalue weighted by molar-refractivity contribution is -0.128. The summed E-state index contributed by atoms with van der Waals surface area (Å²) in [5, 5.41) is 3.41. The molecule has 1 heterocycles. The summed E-state index contributed by atoms with van der Waals surface area (Å²) < 4.78 is 0. The lowest BCUT2D eigenvalue weighted by Crippen LogP contribution is -2.49. The maximum Gasteiger partial charge on any atom is 0.270 e. The van der Waals surface area contributed by atoms with E-state index in [4.69, 9.17) is 11.6 Å². The number of nitrogens with zero attached hydrogens (tertiary/aromatic N) is 2. The first kappa shape index (κ1) is 19.1. The molecule has 0 aromatic heterocycles. The van der Waals surface area contributed by atoms with Gasteiger partial charge in [0.2, 0.25) is 0 Å². The summed E-state index contributed by atoms with van der Waals surface area (Å²) in [5.74, 6) is -0.486. The van der Waals surface area contributed by atoms with E-state index >= 15 is 0 Å². The second-order valence-corrected chi connectivity index (χ2v) is 6.96. The van der Waals surface area contributed by atoms with Crippen molar-refractivity contribution in [2.75, 3.05) is 33.2 Å². The Kier molecular flexibility index (Phi) is 6.27. The number of carbonyl (C=O) groups is 2. The van der Waals surface area contributed by atoms with Crippen molar-refractivity contribution >= 4 is 29.5 Å². The predicted octanol–water partition coefficient (Wildman–Crippen LogP) is 2.88. The van der Waals surface area contributed by atoms with Crippen molar-refractivity contribution < 1.29 is 9.59 Å². The van der Waals surface area contributed by atoms with E-state index in [9.17, 15) is 9.59 Å². The standard InChI is InChI=1S/C21H22ClN3O2/c1-24-11-13-25(14-12-24)21(27)19(15-16-7-9-18(22)10-8-16)23-20(26)17-5-3-2-4-6-17/h2-10,15H,11-14H2,1H3,(H,23,26)/b19-15+. The lowest BCUT2D eigenvalue weighted by Gasteiger charge is -2.33. The van der Waals surface area contributed by atoms with Crippen molar-refractivity contribution in [3.05, 3.63) is 76.4 Å². The smallest absolute Gasteiger partial charge is 0.270 e. The van der Waals surface area contributed by atoms with E-state index in [1.807, 2.05) is 25.2 Å². The Morgan fingerprint density at radius 3 is 2.22 bits per heavy atom. The predicted molar refractivity (Wildman–Crippen MR) is 107 cm³/mol. The molecule has 140 valence electrons. The van der Waals surface area contributed by atoms with E-state index < -0.39 is 0 Å². The minimum absolute atomic E-state index is 0.178. The highest BCUT2D eigenvalue weighted by Crippen LogP contribution is 2.14. The second kappa shape index (κ2) is 8.84. The van der Waals surface area contributed by atoms with Gasteiger partial charge < -0.3 is 15.1 Å². The number of amides is 2. The second-order valence-electron chi connectivity index (χ2n) is 6.53. The summed E-state index contributed by atoms with van der Waals surface area (Å²) in [6.45, 7) is 2.89. The van der Waals surface area contributed by atoms with Gasteiger partial charge in [0.15, 0.2) is 0 Å². The zero-order valence-corrected chi connectivity index (χ0v) is 15.9. The third kappa shape index (κ3) is 5.18. The molecule has 0 atom stereocenters. The Labute approximate surface area is 164 Å². The number of rotatable bonds is 4. The first-order valence-electron chi connectivity index (χ1n) is 8.84. The van der Waals surface area contributed by atoms with E-state index in [1.165, 1.54) is 0 Å². The average Bonchev–Trinajstić information content (AvgIpc) is 2.70. The van der Waals surface area contributed by atoms with Crippen LogP contribution in [0.5, 0.6) is 0 Å². The summed E-state index contributed by atoms with van der Waals surface area (Å²) in [6.07, 6.45) is 1.69. The number of hydrogen-bond donors (Lipinski definition) is 1. The van der Waals surface area contributed by atoms with Crippen molar-refractivity contribution in [2.24, 2.45) is 0 Å². The summed E-state index contributed by atoms with van der Waals surface area (Å²) in [4.78, 5) is 29.6. The highest BCUT2D eigenvalue weighted by Gasteiger charge is 2.23. The number of halogens is 1. The highest BCUT2D eigenvalue weighted by atomic mass is 35.5. The Balaban J connectivity index is 1.85. The summed E-state index contributed by atoms with van der Waals surface area (Å²) in [6, 6.07) is 16.0. The molecule has 1 N–H and O–H groups in total. The molecule has 1 fully saturated rings. The van der Waals surface area contributed by atoms with Crippen LogP contribution in [-0.4, -0.2) is 54.8 Å². The monoisotopic (exact) mass is 383 g/mol. The zero-order valence-electron chi connectivity index (χ0n) is 15.2. The number of piperazine rings is 1. The van der Waals surface area contributed by atoms with Crippen LogP contribution in [0.2, 0.25) is 5.02 Å². The molecule has 2 aromatic carbocycles. The van der Waals surface area contributed by atoms with Crippen molar-refractivity contribution in [1.29, 1.82) is 0 Å². The quantitative estimate of drug-likeness (QED) is 0.826. The topological polar surface area (TPSA) is 52.6 Å². The van der Waals surface area contributed by atoms with Crippen LogP contribution in [0.25, 0.3) is 6.08 Å². The molecule has 1 saturated heterocycles. The van der Waals surface area contributed by atoms with Gasteiger partial charge in [-0.1, -0.05) is 41.9 Å². The lowest BCUT2D eigenvalue weighted by atomic mass is 10.1. The molecule has 1 aliphatic rings. The van der Waals surface area contributed by atoms with Gasteiger partial charge in [0, 0.05) is 36.8 Å². The molecule has 0 saturated carbocycles. The Bertz CT molecular complexity index is 826. The Hall–Kier alpha value is -2.63. The Morgan fingerprint density at radius 2 is 1.59 bits per heavy atom.